The van der Waals surface area contributed by atoms with Gasteiger partial charge in [-0.15, -0.1) is 0 Å². The fourth-order valence-electron chi connectivity index (χ4n) is 4.15. The van der Waals surface area contributed by atoms with Crippen molar-refractivity contribution in [2.75, 3.05) is 27.3 Å². The van der Waals surface area contributed by atoms with Gasteiger partial charge < -0.3 is 19.3 Å². The molecule has 224 valence electrons. The average molecular weight is 583 g/mol. The maximum Gasteiger partial charge on any atom is 0.410 e. The number of aliphatic hydroxyl groups is 1. The standard InChI is InChI=1S/C14H16FNO4.C13H13F2NO3.CH4O/c1-19-13(17)12-7-11(15)8-16(12)14(18)20-9-10-5-3-2-4-6-10;14-10-6-11(12(15)17)16(7-10)13(18)19-8-9-4-2-1-3-5-9;1-2/h2-6,11-12H,7-9H2,1H3;1-5,10-11H,6-8H2;2H,1H3/t11-,12-;10-,11-;/m00./s1. The molecule has 0 saturated carbocycles. The van der Waals surface area contributed by atoms with Crippen molar-refractivity contribution in [3.05, 3.63) is 71.8 Å². The summed E-state index contributed by atoms with van der Waals surface area (Å²) >= 11 is 0. The molecule has 2 aromatic rings. The van der Waals surface area contributed by atoms with Gasteiger partial charge in [-0.1, -0.05) is 60.7 Å². The topological polar surface area (TPSA) is 123 Å². The molecule has 4 rings (SSSR count). The van der Waals surface area contributed by atoms with Crippen LogP contribution < -0.4 is 0 Å². The van der Waals surface area contributed by atoms with Gasteiger partial charge in [-0.05, 0) is 11.1 Å². The number of nitrogens with zero attached hydrogens (tertiary/aromatic N) is 2. The molecule has 10 nitrogen and oxygen atoms in total. The molecular formula is C28H33F3N2O8. The van der Waals surface area contributed by atoms with Crippen molar-refractivity contribution in [2.24, 2.45) is 0 Å². The molecule has 0 aromatic heterocycles. The van der Waals surface area contributed by atoms with Crippen LogP contribution in [-0.2, 0) is 37.0 Å². The van der Waals surface area contributed by atoms with Gasteiger partial charge in [0.2, 0.25) is 0 Å². The van der Waals surface area contributed by atoms with Crippen LogP contribution in [0.5, 0.6) is 0 Å². The first kappa shape index (κ1) is 33.1. The Morgan fingerprint density at radius 2 is 1.15 bits per heavy atom. The largest absolute Gasteiger partial charge is 0.467 e. The smallest absolute Gasteiger partial charge is 0.410 e. The third-order valence-corrected chi connectivity index (χ3v) is 6.11. The van der Waals surface area contributed by atoms with E-state index in [0.717, 1.165) is 28.0 Å². The number of alkyl halides is 2. The Kier molecular flexibility index (Phi) is 13.6. The van der Waals surface area contributed by atoms with Crippen LogP contribution in [0.15, 0.2) is 60.7 Å². The van der Waals surface area contributed by atoms with E-state index >= 15 is 0 Å². The fourth-order valence-corrected chi connectivity index (χ4v) is 4.15. The number of likely N-dealkylation sites (tertiary alicyclic amines) is 2. The highest BCUT2D eigenvalue weighted by Gasteiger charge is 2.42. The van der Waals surface area contributed by atoms with Gasteiger partial charge in [-0.3, -0.25) is 14.6 Å². The Bertz CT molecular complexity index is 1130. The molecule has 0 spiro atoms. The van der Waals surface area contributed by atoms with Crippen molar-refractivity contribution in [1.29, 1.82) is 0 Å². The summed E-state index contributed by atoms with van der Waals surface area (Å²) in [6.07, 6.45) is -4.56. The molecular weight excluding hydrogens is 549 g/mol. The van der Waals surface area contributed by atoms with Gasteiger partial charge in [0.1, 0.15) is 37.6 Å². The lowest BCUT2D eigenvalue weighted by Crippen LogP contribution is -2.41. The number of methoxy groups -OCH3 is 1. The molecule has 13 heteroatoms. The van der Waals surface area contributed by atoms with Gasteiger partial charge in [0.25, 0.3) is 0 Å². The SMILES string of the molecule is CO.COC(=O)[C@@H]1C[C@H](F)CN1C(=O)OCc1ccccc1.O=C(F)[C@@H]1C[C@H](F)CN1C(=O)OCc1ccccc1. The molecule has 4 atom stereocenters. The summed E-state index contributed by atoms with van der Waals surface area (Å²) in [6, 6.07) is 14.1. The van der Waals surface area contributed by atoms with Crippen LogP contribution >= 0.6 is 0 Å². The second kappa shape index (κ2) is 16.9. The van der Waals surface area contributed by atoms with Gasteiger partial charge in [-0.25, -0.2) is 23.2 Å². The summed E-state index contributed by atoms with van der Waals surface area (Å²) in [5.41, 5.74) is 1.58. The Morgan fingerprint density at radius 3 is 1.54 bits per heavy atom. The van der Waals surface area contributed by atoms with Gasteiger partial charge in [0.05, 0.1) is 20.2 Å². The highest BCUT2D eigenvalue weighted by atomic mass is 19.1. The molecule has 41 heavy (non-hydrogen) atoms. The van der Waals surface area contributed by atoms with Crippen molar-refractivity contribution in [3.63, 3.8) is 0 Å². The van der Waals surface area contributed by atoms with Gasteiger partial charge >= 0.3 is 24.2 Å². The molecule has 0 aliphatic carbocycles. The van der Waals surface area contributed by atoms with Crippen molar-refractivity contribution in [2.45, 2.75) is 50.5 Å². The van der Waals surface area contributed by atoms with Crippen LogP contribution in [0.3, 0.4) is 0 Å². The molecule has 0 bridgehead atoms. The zero-order valence-electron chi connectivity index (χ0n) is 22.7. The van der Waals surface area contributed by atoms with E-state index in [1.165, 1.54) is 7.11 Å². The monoisotopic (exact) mass is 582 g/mol. The third-order valence-electron chi connectivity index (χ3n) is 6.11. The van der Waals surface area contributed by atoms with Gasteiger partial charge in [0.15, 0.2) is 0 Å². The maximum atomic E-state index is 13.4. The maximum absolute atomic E-state index is 13.4. The third kappa shape index (κ3) is 10.1. The Labute approximate surface area is 235 Å². The Morgan fingerprint density at radius 1 is 0.756 bits per heavy atom. The lowest BCUT2D eigenvalue weighted by atomic mass is 10.2. The predicted octanol–water partition coefficient (Wildman–Crippen LogP) is 3.75. The Hall–Kier alpha value is -4.13. The first-order valence-electron chi connectivity index (χ1n) is 12.6. The number of hydrogen-bond donors (Lipinski definition) is 1. The van der Waals surface area contributed by atoms with Crippen molar-refractivity contribution >= 4 is 24.2 Å². The molecule has 0 unspecified atom stereocenters. The van der Waals surface area contributed by atoms with Crippen LogP contribution in [-0.4, -0.2) is 90.8 Å². The van der Waals surface area contributed by atoms with E-state index in [1.807, 2.05) is 36.4 Å². The normalized spacial score (nSPS) is 21.0. The summed E-state index contributed by atoms with van der Waals surface area (Å²) in [5.74, 6) is -0.623. The lowest BCUT2D eigenvalue weighted by molar-refractivity contribution is -0.145. The van der Waals surface area contributed by atoms with Gasteiger partial charge in [-0.2, -0.15) is 4.39 Å². The van der Waals surface area contributed by atoms with E-state index in [9.17, 15) is 32.3 Å². The summed E-state index contributed by atoms with van der Waals surface area (Å²) in [5, 5.41) is 7.00. The number of ether oxygens (including phenoxy) is 3. The van der Waals surface area contributed by atoms with Crippen LogP contribution in [0.4, 0.5) is 22.8 Å². The number of esters is 1. The average Bonchev–Trinajstić information content (AvgIpc) is 3.59. The molecule has 2 fully saturated rings. The summed E-state index contributed by atoms with van der Waals surface area (Å²) < 4.78 is 53.8. The molecule has 2 saturated heterocycles. The molecule has 1 N–H and O–H groups in total. The van der Waals surface area contributed by atoms with E-state index in [1.54, 1.807) is 24.3 Å². The minimum atomic E-state index is -1.71. The van der Waals surface area contributed by atoms with Crippen molar-refractivity contribution < 1.29 is 51.7 Å². The first-order valence-corrected chi connectivity index (χ1v) is 12.6. The van der Waals surface area contributed by atoms with Crippen molar-refractivity contribution in [1.82, 2.24) is 9.80 Å². The molecule has 2 aliphatic heterocycles. The quantitative estimate of drug-likeness (QED) is 0.311. The van der Waals surface area contributed by atoms with Crippen LogP contribution in [0, 0.1) is 0 Å². The number of benzene rings is 2. The zero-order chi connectivity index (χ0) is 30.4. The molecule has 2 amide bonds. The summed E-state index contributed by atoms with van der Waals surface area (Å²) in [4.78, 5) is 47.7. The number of halogens is 3. The number of rotatable bonds is 6. The predicted molar refractivity (Wildman–Crippen MR) is 140 cm³/mol. The molecule has 2 aliphatic rings. The minimum absolute atomic E-state index is 0.000319. The summed E-state index contributed by atoms with van der Waals surface area (Å²) in [7, 11) is 2.21. The van der Waals surface area contributed by atoms with E-state index in [-0.39, 0.29) is 39.1 Å². The fraction of sp³-hybridized carbons (Fsp3) is 0.429. The highest BCUT2D eigenvalue weighted by Crippen LogP contribution is 2.24. The van der Waals surface area contributed by atoms with E-state index in [0.29, 0.717) is 0 Å². The number of hydrogen-bond acceptors (Lipinski definition) is 8. The van der Waals surface area contributed by atoms with Crippen LogP contribution in [0.2, 0.25) is 0 Å². The molecule has 2 aromatic carbocycles. The van der Waals surface area contributed by atoms with E-state index < -0.39 is 48.6 Å². The number of amides is 2. The number of carbonyl (C=O) groups excluding carboxylic acids is 4. The zero-order valence-corrected chi connectivity index (χ0v) is 22.7. The van der Waals surface area contributed by atoms with Gasteiger partial charge in [0, 0.05) is 20.0 Å². The van der Waals surface area contributed by atoms with E-state index in [2.05, 4.69) is 4.74 Å². The second-order valence-corrected chi connectivity index (χ2v) is 8.91. The van der Waals surface area contributed by atoms with E-state index in [4.69, 9.17) is 14.6 Å². The van der Waals surface area contributed by atoms with Crippen LogP contribution in [0.25, 0.3) is 0 Å². The van der Waals surface area contributed by atoms with Crippen LogP contribution in [0.1, 0.15) is 24.0 Å². The number of aliphatic hydroxyl groups excluding tert-OH is 1. The Balaban J connectivity index is 0.000000271. The molecule has 2 heterocycles. The van der Waals surface area contributed by atoms with Crippen molar-refractivity contribution in [3.8, 4) is 0 Å². The number of carbonyl (C=O) groups is 4. The molecule has 0 radical (unpaired) electrons. The summed E-state index contributed by atoms with van der Waals surface area (Å²) in [6.45, 7) is -0.372. The second-order valence-electron chi connectivity index (χ2n) is 8.91. The highest BCUT2D eigenvalue weighted by molar-refractivity contribution is 5.82. The lowest BCUT2D eigenvalue weighted by Gasteiger charge is -2.21. The first-order chi connectivity index (χ1) is 19.7. The minimum Gasteiger partial charge on any atom is -0.467 e.